The normalized spacial score (nSPS) is 15.2. The molecular formula is C20H25N3O2S. The fourth-order valence-corrected chi connectivity index (χ4v) is 3.57. The van der Waals surface area contributed by atoms with Crippen LogP contribution in [0.1, 0.15) is 35.2 Å². The molecule has 2 aromatic heterocycles. The number of aromatic nitrogens is 1. The van der Waals surface area contributed by atoms with Crippen molar-refractivity contribution in [2.75, 3.05) is 26.2 Å². The largest absolute Gasteiger partial charge is 0.473 e. The third-order valence-corrected chi connectivity index (χ3v) is 5.00. The summed E-state index contributed by atoms with van der Waals surface area (Å²) in [7, 11) is 0. The fourth-order valence-electron chi connectivity index (χ4n) is 2.94. The predicted molar refractivity (Wildman–Crippen MR) is 105 cm³/mol. The summed E-state index contributed by atoms with van der Waals surface area (Å²) in [5, 5.41) is 6.57. The highest BCUT2D eigenvalue weighted by atomic mass is 32.1. The van der Waals surface area contributed by atoms with Gasteiger partial charge in [0.2, 0.25) is 5.88 Å². The number of ether oxygens (including phenoxy) is 1. The van der Waals surface area contributed by atoms with Gasteiger partial charge in [0.25, 0.3) is 5.91 Å². The highest BCUT2D eigenvalue weighted by Gasteiger charge is 2.10. The lowest BCUT2D eigenvalue weighted by atomic mass is 10.1. The standard InChI is InChI=1S/C20H25N3O2S/c24-20(18-7-13-26-16-18)22-8-2-5-12-25-19-14-17(6-9-21-19)15-23-10-3-1-4-11-23/h2,5-7,9,13-14,16H,1,3-4,8,10-12,15H2,(H,22,24). The molecular weight excluding hydrogens is 346 g/mol. The first-order chi connectivity index (χ1) is 12.8. The minimum absolute atomic E-state index is 0.0519. The number of carbonyl (C=O) groups excluding carboxylic acids is 1. The van der Waals surface area contributed by atoms with E-state index >= 15 is 0 Å². The lowest BCUT2D eigenvalue weighted by molar-refractivity contribution is 0.0958. The lowest BCUT2D eigenvalue weighted by Crippen LogP contribution is -2.29. The van der Waals surface area contributed by atoms with E-state index in [1.54, 1.807) is 6.20 Å². The molecule has 1 amide bonds. The minimum atomic E-state index is -0.0519. The van der Waals surface area contributed by atoms with Crippen molar-refractivity contribution < 1.29 is 9.53 Å². The number of thiophene rings is 1. The zero-order chi connectivity index (χ0) is 18.0. The molecule has 0 atom stereocenters. The van der Waals surface area contributed by atoms with Crippen molar-refractivity contribution in [3.8, 4) is 5.88 Å². The second-order valence-corrected chi connectivity index (χ2v) is 7.12. The van der Waals surface area contributed by atoms with Gasteiger partial charge >= 0.3 is 0 Å². The Morgan fingerprint density at radius 3 is 2.96 bits per heavy atom. The summed E-state index contributed by atoms with van der Waals surface area (Å²) in [5.41, 5.74) is 1.94. The molecule has 0 radical (unpaired) electrons. The van der Waals surface area contributed by atoms with Crippen LogP contribution in [0.25, 0.3) is 0 Å². The van der Waals surface area contributed by atoms with Gasteiger partial charge in [-0.3, -0.25) is 9.69 Å². The molecule has 5 nitrogen and oxygen atoms in total. The number of carbonyl (C=O) groups is 1. The minimum Gasteiger partial charge on any atom is -0.473 e. The molecule has 26 heavy (non-hydrogen) atoms. The van der Waals surface area contributed by atoms with Gasteiger partial charge in [0.05, 0.1) is 0 Å². The van der Waals surface area contributed by atoms with E-state index in [9.17, 15) is 4.79 Å². The number of pyridine rings is 1. The van der Waals surface area contributed by atoms with Gasteiger partial charge in [0.15, 0.2) is 0 Å². The number of rotatable bonds is 8. The Balaban J connectivity index is 1.37. The summed E-state index contributed by atoms with van der Waals surface area (Å²) in [5.74, 6) is 0.593. The van der Waals surface area contributed by atoms with Crippen LogP contribution in [0.4, 0.5) is 0 Å². The number of amides is 1. The SMILES string of the molecule is O=C(NCC=CCOc1cc(CN2CCCCC2)ccn1)c1ccsc1. The maximum atomic E-state index is 11.8. The maximum Gasteiger partial charge on any atom is 0.252 e. The van der Waals surface area contributed by atoms with Crippen LogP contribution in [0.15, 0.2) is 47.3 Å². The number of nitrogens with one attached hydrogen (secondary N) is 1. The Kier molecular flexibility index (Phi) is 7.22. The molecule has 1 fully saturated rings. The number of piperidine rings is 1. The highest BCUT2D eigenvalue weighted by Crippen LogP contribution is 2.15. The molecule has 0 aromatic carbocycles. The van der Waals surface area contributed by atoms with Gasteiger partial charge in [0, 0.05) is 36.3 Å². The molecule has 1 N–H and O–H groups in total. The van der Waals surface area contributed by atoms with E-state index in [2.05, 4.69) is 21.3 Å². The van der Waals surface area contributed by atoms with Gasteiger partial charge in [-0.2, -0.15) is 11.3 Å². The average Bonchev–Trinajstić information content (AvgIpc) is 3.20. The van der Waals surface area contributed by atoms with Gasteiger partial charge in [0.1, 0.15) is 6.61 Å². The molecule has 0 unspecified atom stereocenters. The summed E-state index contributed by atoms with van der Waals surface area (Å²) < 4.78 is 5.69. The van der Waals surface area contributed by atoms with Crippen molar-refractivity contribution in [3.63, 3.8) is 0 Å². The van der Waals surface area contributed by atoms with Gasteiger partial charge in [-0.15, -0.1) is 0 Å². The molecule has 0 saturated carbocycles. The Morgan fingerprint density at radius 1 is 1.27 bits per heavy atom. The third kappa shape index (κ3) is 5.97. The molecule has 138 valence electrons. The van der Waals surface area contributed by atoms with Gasteiger partial charge < -0.3 is 10.1 Å². The van der Waals surface area contributed by atoms with Crippen molar-refractivity contribution in [2.24, 2.45) is 0 Å². The first-order valence-electron chi connectivity index (χ1n) is 9.07. The number of hydrogen-bond acceptors (Lipinski definition) is 5. The van der Waals surface area contributed by atoms with E-state index in [1.807, 2.05) is 35.0 Å². The molecule has 1 aliphatic heterocycles. The second kappa shape index (κ2) is 10.1. The van der Waals surface area contributed by atoms with Crippen LogP contribution in [-0.4, -0.2) is 42.0 Å². The predicted octanol–water partition coefficient (Wildman–Crippen LogP) is 3.49. The molecule has 3 rings (SSSR count). The summed E-state index contributed by atoms with van der Waals surface area (Å²) in [6, 6.07) is 5.88. The topological polar surface area (TPSA) is 54.5 Å². The quantitative estimate of drug-likeness (QED) is 0.722. The van der Waals surface area contributed by atoms with Crippen LogP contribution in [0, 0.1) is 0 Å². The van der Waals surface area contributed by atoms with Gasteiger partial charge in [-0.1, -0.05) is 12.5 Å². The zero-order valence-electron chi connectivity index (χ0n) is 14.9. The van der Waals surface area contributed by atoms with Crippen molar-refractivity contribution in [3.05, 3.63) is 58.4 Å². The molecule has 6 heteroatoms. The van der Waals surface area contributed by atoms with Crippen LogP contribution in [0.5, 0.6) is 5.88 Å². The van der Waals surface area contributed by atoms with E-state index in [-0.39, 0.29) is 5.91 Å². The Labute approximate surface area is 158 Å². The van der Waals surface area contributed by atoms with Crippen LogP contribution in [-0.2, 0) is 6.54 Å². The summed E-state index contributed by atoms with van der Waals surface area (Å²) >= 11 is 1.52. The van der Waals surface area contributed by atoms with E-state index in [1.165, 1.54) is 49.3 Å². The molecule has 3 heterocycles. The first-order valence-corrected chi connectivity index (χ1v) is 10.0. The van der Waals surface area contributed by atoms with Crippen molar-refractivity contribution >= 4 is 17.2 Å². The Bertz CT molecular complexity index is 710. The summed E-state index contributed by atoms with van der Waals surface area (Å²) in [6.07, 6.45) is 9.53. The van der Waals surface area contributed by atoms with Crippen molar-refractivity contribution in [2.45, 2.75) is 25.8 Å². The Hall–Kier alpha value is -2.18. The zero-order valence-corrected chi connectivity index (χ0v) is 15.7. The molecule has 0 bridgehead atoms. The second-order valence-electron chi connectivity index (χ2n) is 6.34. The van der Waals surface area contributed by atoms with E-state index in [4.69, 9.17) is 4.74 Å². The van der Waals surface area contributed by atoms with Gasteiger partial charge in [-0.25, -0.2) is 4.98 Å². The van der Waals surface area contributed by atoms with Gasteiger partial charge in [-0.05, 0) is 55.1 Å². The molecule has 1 aliphatic rings. The maximum absolute atomic E-state index is 11.8. The van der Waals surface area contributed by atoms with E-state index in [0.29, 0.717) is 24.6 Å². The third-order valence-electron chi connectivity index (χ3n) is 4.31. The molecule has 1 saturated heterocycles. The van der Waals surface area contributed by atoms with E-state index < -0.39 is 0 Å². The van der Waals surface area contributed by atoms with Crippen LogP contribution in [0.3, 0.4) is 0 Å². The fraction of sp³-hybridized carbons (Fsp3) is 0.400. The summed E-state index contributed by atoms with van der Waals surface area (Å²) in [6.45, 7) is 4.25. The molecule has 0 aliphatic carbocycles. The van der Waals surface area contributed by atoms with Crippen LogP contribution >= 0.6 is 11.3 Å². The number of likely N-dealkylation sites (tertiary alicyclic amines) is 1. The molecule has 2 aromatic rings. The summed E-state index contributed by atoms with van der Waals surface area (Å²) in [4.78, 5) is 18.5. The van der Waals surface area contributed by atoms with Crippen molar-refractivity contribution in [1.82, 2.24) is 15.2 Å². The number of nitrogens with zero attached hydrogens (tertiary/aromatic N) is 2. The average molecular weight is 372 g/mol. The van der Waals surface area contributed by atoms with Crippen molar-refractivity contribution in [1.29, 1.82) is 0 Å². The smallest absolute Gasteiger partial charge is 0.252 e. The Morgan fingerprint density at radius 2 is 2.15 bits per heavy atom. The van der Waals surface area contributed by atoms with E-state index in [0.717, 1.165) is 6.54 Å². The van der Waals surface area contributed by atoms with Crippen LogP contribution < -0.4 is 10.1 Å². The monoisotopic (exact) mass is 371 g/mol. The highest BCUT2D eigenvalue weighted by molar-refractivity contribution is 7.08. The molecule has 0 spiro atoms. The lowest BCUT2D eigenvalue weighted by Gasteiger charge is -2.26. The number of hydrogen-bond donors (Lipinski definition) is 1. The first kappa shape index (κ1) is 18.6. The van der Waals surface area contributed by atoms with Crippen LogP contribution in [0.2, 0.25) is 0 Å².